The van der Waals surface area contributed by atoms with Crippen LogP contribution in [0.5, 0.6) is 0 Å². The third kappa shape index (κ3) is 5.70. The van der Waals surface area contributed by atoms with Crippen LogP contribution in [0.25, 0.3) is 0 Å². The molecule has 24 heavy (non-hydrogen) atoms. The van der Waals surface area contributed by atoms with Gasteiger partial charge in [0.15, 0.2) is 0 Å². The third-order valence-corrected chi connectivity index (χ3v) is 3.67. The highest BCUT2D eigenvalue weighted by atomic mass is 35.5. The van der Waals surface area contributed by atoms with Gasteiger partial charge in [0.2, 0.25) is 5.91 Å². The normalized spacial score (nSPS) is 10.2. The zero-order chi connectivity index (χ0) is 17.4. The number of unbranched alkanes of at least 4 members (excludes halogenated alkanes) is 1. The van der Waals surface area contributed by atoms with E-state index >= 15 is 0 Å². The van der Waals surface area contributed by atoms with Gasteiger partial charge in [-0.2, -0.15) is 0 Å². The predicted octanol–water partition coefficient (Wildman–Crippen LogP) is 4.48. The van der Waals surface area contributed by atoms with Crippen LogP contribution in [0.15, 0.2) is 48.5 Å². The van der Waals surface area contributed by atoms with Gasteiger partial charge in [-0.25, -0.2) is 4.79 Å². The van der Waals surface area contributed by atoms with Crippen LogP contribution in [-0.4, -0.2) is 18.5 Å². The van der Waals surface area contributed by atoms with Crippen LogP contribution in [0.2, 0.25) is 5.02 Å². The number of ether oxygens (including phenoxy) is 1. The number of esters is 1. The van der Waals surface area contributed by atoms with Gasteiger partial charge in [0.05, 0.1) is 18.6 Å². The summed E-state index contributed by atoms with van der Waals surface area (Å²) in [7, 11) is 0. The first kappa shape index (κ1) is 18.0. The number of carbonyl (C=O) groups is 2. The van der Waals surface area contributed by atoms with Gasteiger partial charge in [-0.05, 0) is 48.4 Å². The maximum atomic E-state index is 12.0. The zero-order valence-corrected chi connectivity index (χ0v) is 14.3. The highest BCUT2D eigenvalue weighted by Crippen LogP contribution is 2.13. The molecule has 126 valence electrons. The van der Waals surface area contributed by atoms with E-state index in [-0.39, 0.29) is 18.3 Å². The fourth-order valence-electron chi connectivity index (χ4n) is 2.08. The van der Waals surface area contributed by atoms with E-state index in [0.29, 0.717) is 22.9 Å². The topological polar surface area (TPSA) is 55.4 Å². The third-order valence-electron chi connectivity index (χ3n) is 3.41. The molecule has 0 radical (unpaired) electrons. The average molecular weight is 346 g/mol. The molecular weight excluding hydrogens is 326 g/mol. The summed E-state index contributed by atoms with van der Waals surface area (Å²) in [5, 5.41) is 3.44. The van der Waals surface area contributed by atoms with Crippen molar-refractivity contribution in [3.8, 4) is 0 Å². The number of hydrogen-bond donors (Lipinski definition) is 1. The van der Waals surface area contributed by atoms with Crippen molar-refractivity contribution >= 4 is 29.2 Å². The number of hydrogen-bond acceptors (Lipinski definition) is 3. The summed E-state index contributed by atoms with van der Waals surface area (Å²) in [6.45, 7) is 2.46. The number of halogens is 1. The van der Waals surface area contributed by atoms with Crippen molar-refractivity contribution < 1.29 is 14.3 Å². The van der Waals surface area contributed by atoms with E-state index in [2.05, 4.69) is 5.32 Å². The molecule has 0 saturated carbocycles. The quantitative estimate of drug-likeness (QED) is 0.594. The van der Waals surface area contributed by atoms with Crippen LogP contribution >= 0.6 is 11.6 Å². The monoisotopic (exact) mass is 345 g/mol. The fourth-order valence-corrected chi connectivity index (χ4v) is 2.20. The molecule has 0 aliphatic rings. The van der Waals surface area contributed by atoms with Crippen molar-refractivity contribution in [2.24, 2.45) is 0 Å². The van der Waals surface area contributed by atoms with E-state index in [1.165, 1.54) is 0 Å². The Labute approximate surface area is 146 Å². The van der Waals surface area contributed by atoms with Gasteiger partial charge in [-0.1, -0.05) is 37.1 Å². The van der Waals surface area contributed by atoms with Crippen LogP contribution in [0.3, 0.4) is 0 Å². The number of amides is 1. The average Bonchev–Trinajstić information content (AvgIpc) is 2.58. The van der Waals surface area contributed by atoms with E-state index < -0.39 is 0 Å². The van der Waals surface area contributed by atoms with E-state index in [1.807, 2.05) is 19.1 Å². The smallest absolute Gasteiger partial charge is 0.338 e. The maximum absolute atomic E-state index is 12.0. The molecular formula is C19H20ClNO3. The molecule has 2 rings (SSSR count). The van der Waals surface area contributed by atoms with Crippen molar-refractivity contribution in [3.05, 3.63) is 64.7 Å². The molecule has 0 bridgehead atoms. The highest BCUT2D eigenvalue weighted by Gasteiger charge is 2.08. The predicted molar refractivity (Wildman–Crippen MR) is 95.4 cm³/mol. The van der Waals surface area contributed by atoms with Gasteiger partial charge in [0, 0.05) is 10.7 Å². The molecule has 0 aliphatic carbocycles. The minimum Gasteiger partial charge on any atom is -0.462 e. The largest absolute Gasteiger partial charge is 0.462 e. The fraction of sp³-hybridized carbons (Fsp3) is 0.263. The summed E-state index contributed by atoms with van der Waals surface area (Å²) < 4.78 is 5.14. The second-order valence-electron chi connectivity index (χ2n) is 5.42. The van der Waals surface area contributed by atoms with Gasteiger partial charge in [-0.15, -0.1) is 0 Å². The van der Waals surface area contributed by atoms with Crippen molar-refractivity contribution in [3.63, 3.8) is 0 Å². The number of rotatable bonds is 7. The molecule has 0 unspecified atom stereocenters. The van der Waals surface area contributed by atoms with Crippen LogP contribution < -0.4 is 5.32 Å². The SMILES string of the molecule is CCCCOC(=O)c1ccc(NC(=O)Cc2ccc(Cl)cc2)cc1. The number of carbonyl (C=O) groups excluding carboxylic acids is 2. The zero-order valence-electron chi connectivity index (χ0n) is 13.5. The first-order valence-corrected chi connectivity index (χ1v) is 8.27. The molecule has 5 heteroatoms. The second-order valence-corrected chi connectivity index (χ2v) is 5.85. The summed E-state index contributed by atoms with van der Waals surface area (Å²) in [5.41, 5.74) is 1.99. The van der Waals surface area contributed by atoms with E-state index in [9.17, 15) is 9.59 Å². The Balaban J connectivity index is 1.87. The summed E-state index contributed by atoms with van der Waals surface area (Å²) in [5.74, 6) is -0.474. The molecule has 0 atom stereocenters. The molecule has 0 aliphatic heterocycles. The molecule has 0 heterocycles. The van der Waals surface area contributed by atoms with Gasteiger partial charge in [-0.3, -0.25) is 4.79 Å². The molecule has 4 nitrogen and oxygen atoms in total. The van der Waals surface area contributed by atoms with Crippen molar-refractivity contribution in [1.82, 2.24) is 0 Å². The minimum absolute atomic E-state index is 0.129. The van der Waals surface area contributed by atoms with Crippen molar-refractivity contribution in [2.45, 2.75) is 26.2 Å². The Morgan fingerprint density at radius 1 is 1.04 bits per heavy atom. The van der Waals surface area contributed by atoms with Crippen LogP contribution in [-0.2, 0) is 16.0 Å². The first-order chi connectivity index (χ1) is 11.6. The summed E-state index contributed by atoms with van der Waals surface area (Å²) in [6, 6.07) is 13.8. The summed E-state index contributed by atoms with van der Waals surface area (Å²) >= 11 is 5.82. The Bertz CT molecular complexity index is 681. The lowest BCUT2D eigenvalue weighted by atomic mass is 10.1. The Morgan fingerprint density at radius 3 is 2.33 bits per heavy atom. The van der Waals surface area contributed by atoms with Gasteiger partial charge >= 0.3 is 5.97 Å². The standard InChI is InChI=1S/C19H20ClNO3/c1-2-3-12-24-19(23)15-6-10-17(11-7-15)21-18(22)13-14-4-8-16(20)9-5-14/h4-11H,2-3,12-13H2,1H3,(H,21,22). The van der Waals surface area contributed by atoms with Gasteiger partial charge in [0.25, 0.3) is 0 Å². The van der Waals surface area contributed by atoms with Gasteiger partial charge in [0.1, 0.15) is 0 Å². The number of nitrogens with one attached hydrogen (secondary N) is 1. The van der Waals surface area contributed by atoms with Crippen molar-refractivity contribution in [2.75, 3.05) is 11.9 Å². The Morgan fingerprint density at radius 2 is 1.71 bits per heavy atom. The summed E-state index contributed by atoms with van der Waals surface area (Å²) in [4.78, 5) is 23.8. The lowest BCUT2D eigenvalue weighted by molar-refractivity contribution is -0.115. The van der Waals surface area contributed by atoms with E-state index in [0.717, 1.165) is 18.4 Å². The first-order valence-electron chi connectivity index (χ1n) is 7.90. The lowest BCUT2D eigenvalue weighted by Gasteiger charge is -2.07. The van der Waals surface area contributed by atoms with Crippen LogP contribution in [0.4, 0.5) is 5.69 Å². The lowest BCUT2D eigenvalue weighted by Crippen LogP contribution is -2.14. The Kier molecular flexibility index (Phi) is 6.82. The molecule has 0 fully saturated rings. The number of benzene rings is 2. The highest BCUT2D eigenvalue weighted by molar-refractivity contribution is 6.30. The molecule has 2 aromatic rings. The maximum Gasteiger partial charge on any atom is 0.338 e. The van der Waals surface area contributed by atoms with E-state index in [1.54, 1.807) is 36.4 Å². The minimum atomic E-state index is -0.345. The summed E-state index contributed by atoms with van der Waals surface area (Å²) in [6.07, 6.45) is 2.09. The molecule has 0 saturated heterocycles. The van der Waals surface area contributed by atoms with Crippen LogP contribution in [0.1, 0.15) is 35.7 Å². The number of anilines is 1. The molecule has 2 aromatic carbocycles. The van der Waals surface area contributed by atoms with Crippen LogP contribution in [0, 0.1) is 0 Å². The molecule has 0 spiro atoms. The van der Waals surface area contributed by atoms with Gasteiger partial charge < -0.3 is 10.1 Å². The van der Waals surface area contributed by atoms with Crippen molar-refractivity contribution in [1.29, 1.82) is 0 Å². The molecule has 1 amide bonds. The Hall–Kier alpha value is -2.33. The van der Waals surface area contributed by atoms with E-state index in [4.69, 9.17) is 16.3 Å². The second kappa shape index (κ2) is 9.08. The molecule has 0 aromatic heterocycles. The molecule has 1 N–H and O–H groups in total.